The highest BCUT2D eigenvalue weighted by Crippen LogP contribution is 2.41. The van der Waals surface area contributed by atoms with Gasteiger partial charge in [0, 0.05) is 37.1 Å². The molecule has 4 rings (SSSR count). The van der Waals surface area contributed by atoms with Crippen LogP contribution in [-0.4, -0.2) is 61.3 Å². The number of pyridine rings is 1. The van der Waals surface area contributed by atoms with Crippen LogP contribution >= 0.6 is 0 Å². The van der Waals surface area contributed by atoms with E-state index >= 15 is 0 Å². The number of fused-ring (bicyclic) bond motifs is 1. The van der Waals surface area contributed by atoms with Crippen LogP contribution in [0.3, 0.4) is 0 Å². The molecule has 1 amide bonds. The summed E-state index contributed by atoms with van der Waals surface area (Å²) in [4.78, 5) is 28.9. The summed E-state index contributed by atoms with van der Waals surface area (Å²) in [6.45, 7) is 11.1. The summed E-state index contributed by atoms with van der Waals surface area (Å²) < 4.78 is 49.6. The summed E-state index contributed by atoms with van der Waals surface area (Å²) in [7, 11) is 0. The third-order valence-electron chi connectivity index (χ3n) is 6.07. The van der Waals surface area contributed by atoms with E-state index in [1.54, 1.807) is 43.6 Å². The predicted octanol–water partition coefficient (Wildman–Crippen LogP) is 4.85. The lowest BCUT2D eigenvalue weighted by atomic mass is 10.1. The minimum atomic E-state index is -4.70. The van der Waals surface area contributed by atoms with Crippen molar-refractivity contribution in [1.29, 1.82) is 5.26 Å². The van der Waals surface area contributed by atoms with Gasteiger partial charge in [-0.15, -0.1) is 0 Å². The van der Waals surface area contributed by atoms with E-state index in [9.17, 15) is 23.2 Å². The van der Waals surface area contributed by atoms with Gasteiger partial charge < -0.3 is 14.5 Å². The number of anilines is 1. The van der Waals surface area contributed by atoms with Gasteiger partial charge in [0.1, 0.15) is 23.6 Å². The van der Waals surface area contributed by atoms with Crippen LogP contribution in [0.2, 0.25) is 0 Å². The summed E-state index contributed by atoms with van der Waals surface area (Å²) in [5, 5.41) is 9.17. The van der Waals surface area contributed by atoms with Crippen molar-refractivity contribution in [1.82, 2.24) is 24.4 Å². The molecule has 2 atom stereocenters. The van der Waals surface area contributed by atoms with Crippen molar-refractivity contribution in [2.75, 3.05) is 18.0 Å². The number of aryl methyl sites for hydroxylation is 1. The Morgan fingerprint density at radius 2 is 1.84 bits per heavy atom. The van der Waals surface area contributed by atoms with Gasteiger partial charge in [0.15, 0.2) is 5.65 Å². The molecule has 0 saturated carbocycles. The maximum atomic E-state index is 14.3. The molecule has 0 spiro atoms. The number of piperazine rings is 1. The molecule has 4 heterocycles. The molecule has 0 N–H and O–H groups in total. The summed E-state index contributed by atoms with van der Waals surface area (Å²) in [6.07, 6.45) is -3.01. The zero-order chi connectivity index (χ0) is 27.3. The number of carbonyl (C=O) groups excluding carboxylic acids is 1. The van der Waals surface area contributed by atoms with Crippen LogP contribution in [0.5, 0.6) is 0 Å². The molecule has 3 aromatic heterocycles. The lowest BCUT2D eigenvalue weighted by Crippen LogP contribution is -2.59. The van der Waals surface area contributed by atoms with Crippen molar-refractivity contribution in [3.05, 3.63) is 41.5 Å². The second-order valence-corrected chi connectivity index (χ2v) is 10.3. The Labute approximate surface area is 212 Å². The van der Waals surface area contributed by atoms with Crippen molar-refractivity contribution in [3.63, 3.8) is 0 Å². The SMILES string of the molecule is Cc1cc(C#N)cc(-n2cc(C(F)(F)F)c3c(N4C[C@@H](C)N(C(=O)OC(C)(C)C)C[C@@H]4C)ncnc32)n1. The van der Waals surface area contributed by atoms with Crippen molar-refractivity contribution < 1.29 is 22.7 Å². The van der Waals surface area contributed by atoms with Gasteiger partial charge >= 0.3 is 12.3 Å². The molecule has 0 bridgehead atoms. The second kappa shape index (κ2) is 9.21. The third-order valence-corrected chi connectivity index (χ3v) is 6.07. The maximum absolute atomic E-state index is 14.3. The molecular weight excluding hydrogens is 487 g/mol. The molecule has 0 unspecified atom stereocenters. The topological polar surface area (TPSA) is 100 Å². The highest BCUT2D eigenvalue weighted by atomic mass is 19.4. The monoisotopic (exact) mass is 515 g/mol. The minimum absolute atomic E-state index is 0.0220. The lowest BCUT2D eigenvalue weighted by Gasteiger charge is -2.44. The first-order valence-corrected chi connectivity index (χ1v) is 11.8. The fourth-order valence-corrected chi connectivity index (χ4v) is 4.49. The number of alkyl halides is 3. The maximum Gasteiger partial charge on any atom is 0.418 e. The normalized spacial score (nSPS) is 18.7. The standard InChI is InChI=1S/C25H28F3N7O2/c1-14-7-17(9-29)8-19(32-14)35-12-18(25(26,27)28)20-21(30-13-31-22(20)35)33-10-16(3)34(11-15(33)2)23(36)37-24(4,5)6/h7-8,12-13,15-16H,10-11H2,1-6H3/t15-,16+/m0/s1. The Morgan fingerprint density at radius 3 is 2.46 bits per heavy atom. The first-order chi connectivity index (χ1) is 17.2. The first-order valence-electron chi connectivity index (χ1n) is 11.8. The molecule has 0 radical (unpaired) electrons. The molecule has 1 saturated heterocycles. The van der Waals surface area contributed by atoms with Crippen molar-refractivity contribution in [2.45, 2.75) is 65.4 Å². The summed E-state index contributed by atoms with van der Waals surface area (Å²) in [5.41, 5.74) is -0.800. The fourth-order valence-electron chi connectivity index (χ4n) is 4.49. The second-order valence-electron chi connectivity index (χ2n) is 10.3. The van der Waals surface area contributed by atoms with E-state index in [1.165, 1.54) is 17.0 Å². The zero-order valence-electron chi connectivity index (χ0n) is 21.5. The van der Waals surface area contributed by atoms with Crippen LogP contribution in [-0.2, 0) is 10.9 Å². The van der Waals surface area contributed by atoms with Crippen LogP contribution < -0.4 is 4.90 Å². The number of halogens is 3. The molecule has 0 aromatic carbocycles. The van der Waals surface area contributed by atoms with E-state index in [1.807, 2.05) is 19.9 Å². The number of hydrogen-bond acceptors (Lipinski definition) is 7. The minimum Gasteiger partial charge on any atom is -0.444 e. The van der Waals surface area contributed by atoms with Crippen LogP contribution in [0.25, 0.3) is 16.9 Å². The molecule has 1 fully saturated rings. The number of amides is 1. The third kappa shape index (κ3) is 5.16. The number of nitrogens with zero attached hydrogens (tertiary/aromatic N) is 7. The molecular formula is C25H28F3N7O2. The van der Waals surface area contributed by atoms with Crippen LogP contribution in [0.4, 0.5) is 23.8 Å². The van der Waals surface area contributed by atoms with E-state index in [2.05, 4.69) is 15.0 Å². The number of aromatic nitrogens is 4. The largest absolute Gasteiger partial charge is 0.444 e. The molecule has 3 aromatic rings. The van der Waals surface area contributed by atoms with Crippen LogP contribution in [0, 0.1) is 18.3 Å². The van der Waals surface area contributed by atoms with E-state index in [-0.39, 0.29) is 53.4 Å². The van der Waals surface area contributed by atoms with E-state index in [0.717, 1.165) is 6.20 Å². The Hall–Kier alpha value is -3.88. The van der Waals surface area contributed by atoms with Gasteiger partial charge in [-0.3, -0.25) is 4.57 Å². The summed E-state index contributed by atoms with van der Waals surface area (Å²) in [5.74, 6) is 0.269. The number of ether oxygens (including phenoxy) is 1. The van der Waals surface area contributed by atoms with Crippen LogP contribution in [0.15, 0.2) is 24.7 Å². The van der Waals surface area contributed by atoms with Gasteiger partial charge in [0.2, 0.25) is 0 Å². The summed E-state index contributed by atoms with van der Waals surface area (Å²) >= 11 is 0. The van der Waals surface area contributed by atoms with E-state index < -0.39 is 23.4 Å². The zero-order valence-corrected chi connectivity index (χ0v) is 21.5. The van der Waals surface area contributed by atoms with Crippen LogP contribution in [0.1, 0.15) is 51.4 Å². The Morgan fingerprint density at radius 1 is 1.14 bits per heavy atom. The molecule has 1 aliphatic heterocycles. The predicted molar refractivity (Wildman–Crippen MR) is 130 cm³/mol. The fraction of sp³-hybridized carbons (Fsp3) is 0.480. The van der Waals surface area contributed by atoms with Crippen molar-refractivity contribution in [3.8, 4) is 11.9 Å². The van der Waals surface area contributed by atoms with Gasteiger partial charge in [-0.1, -0.05) is 0 Å². The Kier molecular flexibility index (Phi) is 6.52. The van der Waals surface area contributed by atoms with Gasteiger partial charge in [0.25, 0.3) is 0 Å². The highest BCUT2D eigenvalue weighted by molar-refractivity contribution is 5.93. The number of rotatable bonds is 2. The van der Waals surface area contributed by atoms with Gasteiger partial charge in [-0.05, 0) is 53.7 Å². The average Bonchev–Trinajstić information content (AvgIpc) is 3.19. The molecule has 1 aliphatic rings. The Bertz CT molecular complexity index is 1390. The molecule has 196 valence electrons. The molecule has 37 heavy (non-hydrogen) atoms. The van der Waals surface area contributed by atoms with Gasteiger partial charge in [0.05, 0.1) is 22.6 Å². The number of hydrogen-bond donors (Lipinski definition) is 0. The van der Waals surface area contributed by atoms with Crippen molar-refractivity contribution in [2.24, 2.45) is 0 Å². The van der Waals surface area contributed by atoms with E-state index in [4.69, 9.17) is 4.74 Å². The highest BCUT2D eigenvalue weighted by Gasteiger charge is 2.40. The van der Waals surface area contributed by atoms with E-state index in [0.29, 0.717) is 5.69 Å². The van der Waals surface area contributed by atoms with Gasteiger partial charge in [-0.25, -0.2) is 19.7 Å². The number of carbonyl (C=O) groups is 1. The number of nitriles is 1. The van der Waals surface area contributed by atoms with Crippen molar-refractivity contribution >= 4 is 22.9 Å². The average molecular weight is 516 g/mol. The molecule has 12 heteroatoms. The first kappa shape index (κ1) is 26.2. The lowest BCUT2D eigenvalue weighted by molar-refractivity contribution is -0.136. The Balaban J connectivity index is 1.82. The molecule has 9 nitrogen and oxygen atoms in total. The quantitative estimate of drug-likeness (QED) is 0.481. The molecule has 0 aliphatic carbocycles. The van der Waals surface area contributed by atoms with Gasteiger partial charge in [-0.2, -0.15) is 18.4 Å². The smallest absolute Gasteiger partial charge is 0.418 e. The summed E-state index contributed by atoms with van der Waals surface area (Å²) in [6, 6.07) is 4.27.